The normalized spacial score (nSPS) is 47.5. The molecule has 3 rings (SSSR count). The van der Waals surface area contributed by atoms with Gasteiger partial charge in [-0.05, 0) is 12.8 Å². The van der Waals surface area contributed by atoms with Crippen LogP contribution in [0.15, 0.2) is 0 Å². The molecule has 0 aromatic carbocycles. The molecule has 1 unspecified atom stereocenters. The van der Waals surface area contributed by atoms with Gasteiger partial charge in [0.2, 0.25) is 0 Å². The standard InChI is InChI=1S/C9H15NO2/c1-2-8-4-12-6-9-5-11-3-7(1)10(8)9/h7-9H,1-6H2/t7-,8+,9?. The van der Waals surface area contributed by atoms with E-state index in [1.165, 1.54) is 12.8 Å². The predicted molar refractivity (Wildman–Crippen MR) is 44.1 cm³/mol. The Bertz CT molecular complexity index is 167. The first-order valence-corrected chi connectivity index (χ1v) is 4.88. The minimum Gasteiger partial charge on any atom is -0.378 e. The van der Waals surface area contributed by atoms with Crippen LogP contribution in [0.3, 0.4) is 0 Å². The van der Waals surface area contributed by atoms with E-state index in [9.17, 15) is 0 Å². The van der Waals surface area contributed by atoms with Gasteiger partial charge in [0.1, 0.15) is 0 Å². The van der Waals surface area contributed by atoms with Crippen LogP contribution >= 0.6 is 0 Å². The molecule has 3 aliphatic rings. The molecule has 3 fully saturated rings. The molecule has 0 aromatic heterocycles. The fourth-order valence-electron chi connectivity index (χ4n) is 2.82. The Hall–Kier alpha value is -0.120. The second-order valence-electron chi connectivity index (χ2n) is 4.06. The molecule has 3 saturated heterocycles. The van der Waals surface area contributed by atoms with Crippen molar-refractivity contribution in [2.75, 3.05) is 26.4 Å². The highest BCUT2D eigenvalue weighted by molar-refractivity contribution is 4.96. The van der Waals surface area contributed by atoms with Gasteiger partial charge in [-0.15, -0.1) is 0 Å². The Morgan fingerprint density at radius 1 is 0.750 bits per heavy atom. The molecular weight excluding hydrogens is 154 g/mol. The molecule has 3 heterocycles. The smallest absolute Gasteiger partial charge is 0.0645 e. The van der Waals surface area contributed by atoms with Gasteiger partial charge in [0.05, 0.1) is 32.5 Å². The fourth-order valence-corrected chi connectivity index (χ4v) is 2.82. The lowest BCUT2D eigenvalue weighted by atomic mass is 10.1. The van der Waals surface area contributed by atoms with Crippen molar-refractivity contribution in [3.8, 4) is 0 Å². The summed E-state index contributed by atoms with van der Waals surface area (Å²) in [4.78, 5) is 2.65. The molecule has 3 nitrogen and oxygen atoms in total. The van der Waals surface area contributed by atoms with Crippen molar-refractivity contribution in [2.24, 2.45) is 0 Å². The van der Waals surface area contributed by atoms with Crippen molar-refractivity contribution in [1.29, 1.82) is 0 Å². The van der Waals surface area contributed by atoms with E-state index in [1.54, 1.807) is 0 Å². The molecule has 3 atom stereocenters. The minimum atomic E-state index is 0.560. The van der Waals surface area contributed by atoms with E-state index in [-0.39, 0.29) is 0 Å². The minimum absolute atomic E-state index is 0.560. The highest BCUT2D eigenvalue weighted by Gasteiger charge is 2.43. The lowest BCUT2D eigenvalue weighted by Crippen LogP contribution is -2.58. The molecule has 0 N–H and O–H groups in total. The molecule has 3 heteroatoms. The van der Waals surface area contributed by atoms with Gasteiger partial charge in [-0.2, -0.15) is 0 Å². The monoisotopic (exact) mass is 169 g/mol. The van der Waals surface area contributed by atoms with Crippen molar-refractivity contribution in [1.82, 2.24) is 4.90 Å². The molecule has 0 aliphatic carbocycles. The molecule has 0 amide bonds. The van der Waals surface area contributed by atoms with E-state index < -0.39 is 0 Å². The van der Waals surface area contributed by atoms with Crippen LogP contribution in [-0.4, -0.2) is 49.5 Å². The Kier molecular flexibility index (Phi) is 1.63. The Morgan fingerprint density at radius 2 is 1.25 bits per heavy atom. The SMILES string of the molecule is C1OC[C@H]2CC[C@H]3COCC1N23. The fraction of sp³-hybridized carbons (Fsp3) is 1.00. The van der Waals surface area contributed by atoms with Gasteiger partial charge in [0, 0.05) is 12.1 Å². The number of hydrogen-bond acceptors (Lipinski definition) is 3. The third kappa shape index (κ3) is 0.934. The summed E-state index contributed by atoms with van der Waals surface area (Å²) in [6, 6.07) is 1.97. The first-order valence-electron chi connectivity index (χ1n) is 4.88. The lowest BCUT2D eigenvalue weighted by Gasteiger charge is -2.44. The van der Waals surface area contributed by atoms with Gasteiger partial charge in [-0.1, -0.05) is 0 Å². The van der Waals surface area contributed by atoms with E-state index in [0.717, 1.165) is 26.4 Å². The molecule has 68 valence electrons. The molecule has 0 bridgehead atoms. The Balaban J connectivity index is 1.84. The van der Waals surface area contributed by atoms with Crippen molar-refractivity contribution >= 4 is 0 Å². The Labute approximate surface area is 72.6 Å². The van der Waals surface area contributed by atoms with Crippen LogP contribution in [0.2, 0.25) is 0 Å². The van der Waals surface area contributed by atoms with Crippen LogP contribution in [0.4, 0.5) is 0 Å². The maximum atomic E-state index is 5.55. The topological polar surface area (TPSA) is 21.7 Å². The number of morpholine rings is 2. The van der Waals surface area contributed by atoms with Gasteiger partial charge >= 0.3 is 0 Å². The zero-order valence-electron chi connectivity index (χ0n) is 7.24. The summed E-state index contributed by atoms with van der Waals surface area (Å²) >= 11 is 0. The van der Waals surface area contributed by atoms with Crippen LogP contribution in [0, 0.1) is 0 Å². The van der Waals surface area contributed by atoms with E-state index in [2.05, 4.69) is 4.90 Å². The molecule has 12 heavy (non-hydrogen) atoms. The van der Waals surface area contributed by atoms with Gasteiger partial charge in [0.25, 0.3) is 0 Å². The molecule has 0 radical (unpaired) electrons. The van der Waals surface area contributed by atoms with Crippen LogP contribution in [0.5, 0.6) is 0 Å². The van der Waals surface area contributed by atoms with Crippen LogP contribution in [0.25, 0.3) is 0 Å². The largest absolute Gasteiger partial charge is 0.378 e. The van der Waals surface area contributed by atoms with Gasteiger partial charge in [-0.3, -0.25) is 4.90 Å². The molecule has 3 aliphatic heterocycles. The lowest BCUT2D eigenvalue weighted by molar-refractivity contribution is -0.118. The number of rotatable bonds is 0. The number of hydrogen-bond donors (Lipinski definition) is 0. The number of ether oxygens (including phenoxy) is 2. The summed E-state index contributed by atoms with van der Waals surface area (Å²) in [5.41, 5.74) is 0. The summed E-state index contributed by atoms with van der Waals surface area (Å²) < 4.78 is 11.1. The maximum absolute atomic E-state index is 5.55. The number of nitrogens with zero attached hydrogens (tertiary/aromatic N) is 1. The van der Waals surface area contributed by atoms with Crippen molar-refractivity contribution in [2.45, 2.75) is 31.0 Å². The summed E-state index contributed by atoms with van der Waals surface area (Å²) in [5, 5.41) is 0. The third-order valence-electron chi connectivity index (χ3n) is 3.34. The first-order chi connectivity index (χ1) is 5.95. The first kappa shape index (κ1) is 7.30. The van der Waals surface area contributed by atoms with E-state index in [4.69, 9.17) is 9.47 Å². The highest BCUT2D eigenvalue weighted by atomic mass is 16.5. The summed E-state index contributed by atoms with van der Waals surface area (Å²) in [7, 11) is 0. The van der Waals surface area contributed by atoms with Crippen molar-refractivity contribution < 1.29 is 9.47 Å². The van der Waals surface area contributed by atoms with E-state index in [1.807, 2.05) is 0 Å². The van der Waals surface area contributed by atoms with Crippen molar-refractivity contribution in [3.05, 3.63) is 0 Å². The van der Waals surface area contributed by atoms with Crippen LogP contribution < -0.4 is 0 Å². The van der Waals surface area contributed by atoms with Crippen LogP contribution in [-0.2, 0) is 9.47 Å². The van der Waals surface area contributed by atoms with Gasteiger partial charge in [-0.25, -0.2) is 0 Å². The van der Waals surface area contributed by atoms with E-state index in [0.29, 0.717) is 18.1 Å². The Morgan fingerprint density at radius 3 is 1.83 bits per heavy atom. The van der Waals surface area contributed by atoms with E-state index >= 15 is 0 Å². The second kappa shape index (κ2) is 2.69. The summed E-state index contributed by atoms with van der Waals surface area (Å²) in [6.45, 7) is 3.67. The van der Waals surface area contributed by atoms with Gasteiger partial charge in [0.15, 0.2) is 0 Å². The zero-order valence-corrected chi connectivity index (χ0v) is 7.24. The van der Waals surface area contributed by atoms with Gasteiger partial charge < -0.3 is 9.47 Å². The van der Waals surface area contributed by atoms with Crippen LogP contribution in [0.1, 0.15) is 12.8 Å². The molecule has 0 saturated carbocycles. The maximum Gasteiger partial charge on any atom is 0.0645 e. The van der Waals surface area contributed by atoms with Crippen molar-refractivity contribution in [3.63, 3.8) is 0 Å². The average molecular weight is 169 g/mol. The molecule has 0 spiro atoms. The quantitative estimate of drug-likeness (QED) is 0.519. The zero-order chi connectivity index (χ0) is 7.97. The highest BCUT2D eigenvalue weighted by Crippen LogP contribution is 2.32. The average Bonchev–Trinajstić information content (AvgIpc) is 2.52. The molecule has 0 aromatic rings. The molecular formula is C9H15NO2. The predicted octanol–water partition coefficient (Wildman–Crippen LogP) is 0.248. The summed E-state index contributed by atoms with van der Waals surface area (Å²) in [6.07, 6.45) is 2.62. The summed E-state index contributed by atoms with van der Waals surface area (Å²) in [5.74, 6) is 0. The third-order valence-corrected chi connectivity index (χ3v) is 3.34. The second-order valence-corrected chi connectivity index (χ2v) is 4.06.